The van der Waals surface area contributed by atoms with Crippen LogP contribution in [0.2, 0.25) is 0 Å². The highest BCUT2D eigenvalue weighted by Crippen LogP contribution is 2.31. The maximum absolute atomic E-state index is 13.3. The van der Waals surface area contributed by atoms with Crippen LogP contribution in [0, 0.1) is 0 Å². The summed E-state index contributed by atoms with van der Waals surface area (Å²) in [7, 11) is 0. The summed E-state index contributed by atoms with van der Waals surface area (Å²) in [5.41, 5.74) is 3.77. The van der Waals surface area contributed by atoms with Gasteiger partial charge in [0.25, 0.3) is 0 Å². The van der Waals surface area contributed by atoms with Gasteiger partial charge in [-0.1, -0.05) is 90.6 Å². The molecule has 182 valence electrons. The Hall–Kier alpha value is -4.03. The lowest BCUT2D eigenvalue weighted by molar-refractivity contribution is -0.136. The van der Waals surface area contributed by atoms with Crippen LogP contribution in [0.1, 0.15) is 16.7 Å². The van der Waals surface area contributed by atoms with Crippen LogP contribution in [-0.4, -0.2) is 23.7 Å². The van der Waals surface area contributed by atoms with Crippen molar-refractivity contribution >= 4 is 29.4 Å². The van der Waals surface area contributed by atoms with Crippen molar-refractivity contribution in [1.29, 1.82) is 0 Å². The van der Waals surface area contributed by atoms with E-state index >= 15 is 0 Å². The molecular formula is C30H28N2O3S. The summed E-state index contributed by atoms with van der Waals surface area (Å²) in [4.78, 5) is 28.1. The smallest absolute Gasteiger partial charge is 0.322 e. The van der Waals surface area contributed by atoms with Crippen LogP contribution >= 0.6 is 11.8 Å². The number of carboxylic acid groups (broad SMARTS) is 1. The Bertz CT molecular complexity index is 1300. The van der Waals surface area contributed by atoms with Gasteiger partial charge in [-0.15, -0.1) is 0 Å². The fourth-order valence-corrected chi connectivity index (χ4v) is 4.80. The van der Waals surface area contributed by atoms with Gasteiger partial charge in [0.05, 0.1) is 6.42 Å². The van der Waals surface area contributed by atoms with E-state index in [1.54, 1.807) is 16.7 Å². The molecule has 0 unspecified atom stereocenters. The van der Waals surface area contributed by atoms with Crippen LogP contribution in [-0.2, 0) is 24.2 Å². The lowest BCUT2D eigenvalue weighted by atomic mass is 10.1. The zero-order valence-corrected chi connectivity index (χ0v) is 20.7. The predicted molar refractivity (Wildman–Crippen MR) is 145 cm³/mol. The fraction of sp³-hybridized carbons (Fsp3) is 0.133. The van der Waals surface area contributed by atoms with Crippen molar-refractivity contribution in [1.82, 2.24) is 5.32 Å². The Balaban J connectivity index is 1.52. The minimum atomic E-state index is -0.852. The van der Waals surface area contributed by atoms with Gasteiger partial charge in [-0.2, -0.15) is 0 Å². The van der Waals surface area contributed by atoms with Gasteiger partial charge in [0.15, 0.2) is 0 Å². The van der Waals surface area contributed by atoms with Crippen LogP contribution < -0.4 is 10.2 Å². The molecule has 0 aliphatic heterocycles. The normalized spacial score (nSPS) is 10.6. The van der Waals surface area contributed by atoms with E-state index in [0.29, 0.717) is 13.1 Å². The maximum atomic E-state index is 13.3. The van der Waals surface area contributed by atoms with Gasteiger partial charge in [0.2, 0.25) is 0 Å². The topological polar surface area (TPSA) is 69.6 Å². The number of carbonyl (C=O) groups is 2. The Morgan fingerprint density at radius 2 is 1.33 bits per heavy atom. The van der Waals surface area contributed by atoms with Crippen LogP contribution in [0.3, 0.4) is 0 Å². The highest BCUT2D eigenvalue weighted by Gasteiger charge is 2.16. The van der Waals surface area contributed by atoms with Crippen LogP contribution in [0.15, 0.2) is 119 Å². The average Bonchev–Trinajstić information content (AvgIpc) is 2.89. The number of urea groups is 1. The van der Waals surface area contributed by atoms with Crippen LogP contribution in [0.4, 0.5) is 10.5 Å². The van der Waals surface area contributed by atoms with E-state index in [2.05, 4.69) is 17.4 Å². The van der Waals surface area contributed by atoms with Gasteiger partial charge < -0.3 is 10.4 Å². The summed E-state index contributed by atoms with van der Waals surface area (Å²) in [5.74, 6) is -0.852. The molecule has 0 saturated heterocycles. The summed E-state index contributed by atoms with van der Waals surface area (Å²) in [6.07, 6.45) is 0.720. The highest BCUT2D eigenvalue weighted by atomic mass is 32.2. The van der Waals surface area contributed by atoms with Crippen molar-refractivity contribution in [2.24, 2.45) is 0 Å². The number of nitrogens with one attached hydrogen (secondary N) is 1. The van der Waals surface area contributed by atoms with E-state index in [-0.39, 0.29) is 12.5 Å². The Morgan fingerprint density at radius 3 is 2.03 bits per heavy atom. The van der Waals surface area contributed by atoms with Crippen molar-refractivity contribution < 1.29 is 14.7 Å². The molecule has 36 heavy (non-hydrogen) atoms. The number of hydrogen-bond donors (Lipinski definition) is 2. The van der Waals surface area contributed by atoms with Crippen molar-refractivity contribution in [3.8, 4) is 0 Å². The Kier molecular flexibility index (Phi) is 8.78. The van der Waals surface area contributed by atoms with E-state index < -0.39 is 5.97 Å². The molecule has 0 spiro atoms. The monoisotopic (exact) mass is 496 g/mol. The molecule has 0 saturated carbocycles. The number of aliphatic carboxylic acids is 1. The quantitative estimate of drug-likeness (QED) is 0.266. The standard InChI is InChI=1S/C30H28N2O3S/c33-29(34)20-25-13-7-15-27(19-25)36-28-16-8-14-26(21-28)32(18-17-23-9-3-1-4-10-23)30(35)31-22-24-11-5-2-6-12-24/h1-16,19,21H,17-18,20,22H2,(H,31,35)(H,33,34). The van der Waals surface area contributed by atoms with Gasteiger partial charge in [0.1, 0.15) is 0 Å². The zero-order chi connectivity index (χ0) is 25.2. The van der Waals surface area contributed by atoms with E-state index in [9.17, 15) is 9.59 Å². The van der Waals surface area contributed by atoms with E-state index in [1.165, 1.54) is 5.56 Å². The van der Waals surface area contributed by atoms with Crippen molar-refractivity contribution in [2.45, 2.75) is 29.2 Å². The molecule has 0 bridgehead atoms. The minimum Gasteiger partial charge on any atom is -0.481 e. The SMILES string of the molecule is O=C(O)Cc1cccc(Sc2cccc(N(CCc3ccccc3)C(=O)NCc3ccccc3)c2)c1. The summed E-state index contributed by atoms with van der Waals surface area (Å²) in [6.45, 7) is 0.985. The van der Waals surface area contributed by atoms with E-state index in [0.717, 1.165) is 33.0 Å². The van der Waals surface area contributed by atoms with Gasteiger partial charge >= 0.3 is 12.0 Å². The molecule has 4 aromatic rings. The number of nitrogens with zero attached hydrogens (tertiary/aromatic N) is 1. The first-order chi connectivity index (χ1) is 17.6. The number of carbonyl (C=O) groups excluding carboxylic acids is 1. The average molecular weight is 497 g/mol. The van der Waals surface area contributed by atoms with E-state index in [4.69, 9.17) is 5.11 Å². The van der Waals surface area contributed by atoms with Crippen molar-refractivity contribution in [2.75, 3.05) is 11.4 Å². The van der Waals surface area contributed by atoms with Gasteiger partial charge in [-0.05, 0) is 53.4 Å². The predicted octanol–water partition coefficient (Wildman–Crippen LogP) is 6.42. The van der Waals surface area contributed by atoms with E-state index in [1.807, 2.05) is 97.1 Å². The number of rotatable bonds is 10. The third kappa shape index (κ3) is 7.48. The summed E-state index contributed by atoms with van der Waals surface area (Å²) >= 11 is 1.55. The van der Waals surface area contributed by atoms with Crippen LogP contribution in [0.5, 0.6) is 0 Å². The molecule has 4 aromatic carbocycles. The summed E-state index contributed by atoms with van der Waals surface area (Å²) in [6, 6.07) is 35.3. The summed E-state index contributed by atoms with van der Waals surface area (Å²) in [5, 5.41) is 12.1. The highest BCUT2D eigenvalue weighted by molar-refractivity contribution is 7.99. The Labute approximate surface area is 215 Å². The number of amides is 2. The third-order valence-electron chi connectivity index (χ3n) is 5.62. The molecular weight excluding hydrogens is 468 g/mol. The maximum Gasteiger partial charge on any atom is 0.322 e. The van der Waals surface area contributed by atoms with Crippen molar-refractivity contribution in [3.63, 3.8) is 0 Å². The first kappa shape index (κ1) is 25.1. The molecule has 2 amide bonds. The molecule has 0 heterocycles. The first-order valence-corrected chi connectivity index (χ1v) is 12.6. The number of hydrogen-bond acceptors (Lipinski definition) is 3. The molecule has 6 heteroatoms. The second-order valence-electron chi connectivity index (χ2n) is 8.35. The van der Waals surface area contributed by atoms with Crippen LogP contribution in [0.25, 0.3) is 0 Å². The molecule has 4 rings (SSSR count). The van der Waals surface area contributed by atoms with Gasteiger partial charge in [-0.3, -0.25) is 9.69 Å². The summed E-state index contributed by atoms with van der Waals surface area (Å²) < 4.78 is 0. The molecule has 0 radical (unpaired) electrons. The Morgan fingerprint density at radius 1 is 0.722 bits per heavy atom. The second kappa shape index (κ2) is 12.6. The molecule has 0 atom stereocenters. The minimum absolute atomic E-state index is 0.0106. The molecule has 0 aliphatic rings. The number of benzene rings is 4. The molecule has 5 nitrogen and oxygen atoms in total. The molecule has 0 aromatic heterocycles. The molecule has 0 fully saturated rings. The molecule has 2 N–H and O–H groups in total. The zero-order valence-electron chi connectivity index (χ0n) is 19.8. The second-order valence-corrected chi connectivity index (χ2v) is 9.50. The fourth-order valence-electron chi connectivity index (χ4n) is 3.85. The van der Waals surface area contributed by atoms with Crippen molar-refractivity contribution in [3.05, 3.63) is 126 Å². The third-order valence-corrected chi connectivity index (χ3v) is 6.60. The largest absolute Gasteiger partial charge is 0.481 e. The lowest BCUT2D eigenvalue weighted by Crippen LogP contribution is -2.41. The first-order valence-electron chi connectivity index (χ1n) is 11.8. The van der Waals surface area contributed by atoms with Gasteiger partial charge in [-0.25, -0.2) is 4.79 Å². The number of anilines is 1. The lowest BCUT2D eigenvalue weighted by Gasteiger charge is -2.24. The molecule has 0 aliphatic carbocycles. The van der Waals surface area contributed by atoms with Gasteiger partial charge in [0, 0.05) is 28.6 Å². The number of carboxylic acids is 1.